The average Bonchev–Trinajstić information content (AvgIpc) is 2.80. The smallest absolute Gasteiger partial charge is 0.242 e. The molecule has 6 nitrogen and oxygen atoms in total. The van der Waals surface area contributed by atoms with Crippen molar-refractivity contribution in [1.82, 2.24) is 16.0 Å². The van der Waals surface area contributed by atoms with Crippen LogP contribution >= 0.6 is 11.8 Å². The number of ether oxygens (including phenoxy) is 1. The van der Waals surface area contributed by atoms with Crippen LogP contribution in [0.5, 0.6) is 5.75 Å². The Morgan fingerprint density at radius 1 is 1.17 bits per heavy atom. The third-order valence-electron chi connectivity index (χ3n) is 5.27. The van der Waals surface area contributed by atoms with Crippen molar-refractivity contribution in [2.75, 3.05) is 19.1 Å². The number of thioether (sulfide) groups is 1. The lowest BCUT2D eigenvalue weighted by Crippen LogP contribution is -2.54. The van der Waals surface area contributed by atoms with E-state index >= 15 is 0 Å². The highest BCUT2D eigenvalue weighted by atomic mass is 32.2. The summed E-state index contributed by atoms with van der Waals surface area (Å²) in [5, 5.41) is 9.19. The van der Waals surface area contributed by atoms with E-state index in [1.165, 1.54) is 11.1 Å². The molecule has 0 saturated carbocycles. The largest absolute Gasteiger partial charge is 0.497 e. The van der Waals surface area contributed by atoms with E-state index in [1.54, 1.807) is 18.9 Å². The van der Waals surface area contributed by atoms with Crippen LogP contribution in [0.15, 0.2) is 48.5 Å². The lowest BCUT2D eigenvalue weighted by atomic mass is 9.95. The third kappa shape index (κ3) is 6.00. The van der Waals surface area contributed by atoms with Crippen molar-refractivity contribution < 1.29 is 14.3 Å². The lowest BCUT2D eigenvalue weighted by molar-refractivity contribution is -0.130. The van der Waals surface area contributed by atoms with Crippen LogP contribution in [0.25, 0.3) is 0 Å². The Labute approximate surface area is 182 Å². The summed E-state index contributed by atoms with van der Waals surface area (Å²) < 4.78 is 5.16. The van der Waals surface area contributed by atoms with Gasteiger partial charge in [-0.15, -0.1) is 0 Å². The SMILES string of the molecule is COc1ccc(CNC(=O)[C@H](CCSC)NC(=O)[C@@H]2Cc3ccccc3CN2)cc1. The van der Waals surface area contributed by atoms with Crippen molar-refractivity contribution in [3.05, 3.63) is 65.2 Å². The van der Waals surface area contributed by atoms with Gasteiger partial charge in [0.1, 0.15) is 11.8 Å². The maximum atomic E-state index is 12.9. The van der Waals surface area contributed by atoms with E-state index in [-0.39, 0.29) is 17.9 Å². The molecule has 2 aromatic rings. The molecule has 1 aliphatic heterocycles. The zero-order valence-corrected chi connectivity index (χ0v) is 18.3. The lowest BCUT2D eigenvalue weighted by Gasteiger charge is -2.27. The molecule has 0 aliphatic carbocycles. The van der Waals surface area contributed by atoms with E-state index < -0.39 is 6.04 Å². The van der Waals surface area contributed by atoms with Gasteiger partial charge in [0, 0.05) is 13.1 Å². The zero-order valence-electron chi connectivity index (χ0n) is 17.4. The molecule has 0 radical (unpaired) electrons. The molecule has 0 saturated heterocycles. The molecule has 0 spiro atoms. The first-order valence-electron chi connectivity index (χ1n) is 10.1. The van der Waals surface area contributed by atoms with Crippen LogP contribution < -0.4 is 20.7 Å². The van der Waals surface area contributed by atoms with Crippen LogP contribution in [0.1, 0.15) is 23.1 Å². The Morgan fingerprint density at radius 3 is 2.60 bits per heavy atom. The second kappa shape index (κ2) is 11.0. The second-order valence-electron chi connectivity index (χ2n) is 7.31. The third-order valence-corrected chi connectivity index (χ3v) is 5.91. The Balaban J connectivity index is 1.57. The predicted octanol–water partition coefficient (Wildman–Crippen LogP) is 2.26. The highest BCUT2D eigenvalue weighted by Crippen LogP contribution is 2.16. The van der Waals surface area contributed by atoms with Gasteiger partial charge in [-0.3, -0.25) is 9.59 Å². The molecular weight excluding hydrogens is 398 g/mol. The number of nitrogens with one attached hydrogen (secondary N) is 3. The van der Waals surface area contributed by atoms with E-state index in [9.17, 15) is 9.59 Å². The number of benzene rings is 2. The highest BCUT2D eigenvalue weighted by molar-refractivity contribution is 7.98. The number of amides is 2. The quantitative estimate of drug-likeness (QED) is 0.572. The molecule has 2 atom stereocenters. The molecule has 30 heavy (non-hydrogen) atoms. The van der Waals surface area contributed by atoms with E-state index in [1.807, 2.05) is 42.7 Å². The van der Waals surface area contributed by atoms with Gasteiger partial charge in [0.15, 0.2) is 0 Å². The summed E-state index contributed by atoms with van der Waals surface area (Å²) in [5.41, 5.74) is 3.38. The van der Waals surface area contributed by atoms with Crippen LogP contribution in [0.4, 0.5) is 0 Å². The van der Waals surface area contributed by atoms with Crippen LogP contribution in [0.2, 0.25) is 0 Å². The molecule has 1 heterocycles. The van der Waals surface area contributed by atoms with Crippen molar-refractivity contribution in [2.24, 2.45) is 0 Å². The summed E-state index contributed by atoms with van der Waals surface area (Å²) in [6.07, 6.45) is 3.21. The number of carbonyl (C=O) groups excluding carboxylic acids is 2. The maximum Gasteiger partial charge on any atom is 0.242 e. The van der Waals surface area contributed by atoms with E-state index in [0.29, 0.717) is 25.9 Å². The first-order valence-corrected chi connectivity index (χ1v) is 11.5. The minimum atomic E-state index is -0.554. The standard InChI is InChI=1S/C23H29N3O3S/c1-29-19-9-7-16(8-10-19)14-25-22(27)20(11-12-30-2)26-23(28)21-13-17-5-3-4-6-18(17)15-24-21/h3-10,20-21,24H,11-15H2,1-2H3,(H,25,27)(H,26,28)/t20-,21-/m0/s1. The van der Waals surface area contributed by atoms with Crippen LogP contribution in [-0.4, -0.2) is 43.0 Å². The van der Waals surface area contributed by atoms with Gasteiger partial charge in [-0.05, 0) is 53.7 Å². The summed E-state index contributed by atoms with van der Waals surface area (Å²) >= 11 is 1.66. The van der Waals surface area contributed by atoms with Gasteiger partial charge >= 0.3 is 0 Å². The molecular formula is C23H29N3O3S. The highest BCUT2D eigenvalue weighted by Gasteiger charge is 2.28. The summed E-state index contributed by atoms with van der Waals surface area (Å²) in [7, 11) is 1.62. The normalized spacial score (nSPS) is 16.3. The van der Waals surface area contributed by atoms with Gasteiger partial charge in [-0.2, -0.15) is 11.8 Å². The number of hydrogen-bond acceptors (Lipinski definition) is 5. The fraction of sp³-hybridized carbons (Fsp3) is 0.391. The molecule has 2 amide bonds. The Morgan fingerprint density at radius 2 is 1.90 bits per heavy atom. The first-order chi connectivity index (χ1) is 14.6. The maximum absolute atomic E-state index is 12.9. The molecule has 2 aromatic carbocycles. The zero-order chi connectivity index (χ0) is 21.3. The van der Waals surface area contributed by atoms with Crippen LogP contribution in [0.3, 0.4) is 0 Å². The van der Waals surface area contributed by atoms with Gasteiger partial charge < -0.3 is 20.7 Å². The van der Waals surface area contributed by atoms with Gasteiger partial charge in [0.2, 0.25) is 11.8 Å². The number of rotatable bonds is 9. The van der Waals surface area contributed by atoms with Crippen molar-refractivity contribution in [1.29, 1.82) is 0 Å². The average molecular weight is 428 g/mol. The molecule has 0 aromatic heterocycles. The molecule has 7 heteroatoms. The van der Waals surface area contributed by atoms with Gasteiger partial charge in [0.05, 0.1) is 13.2 Å². The Bertz CT molecular complexity index is 857. The molecule has 1 aliphatic rings. The second-order valence-corrected chi connectivity index (χ2v) is 8.30. The van der Waals surface area contributed by atoms with Crippen molar-refractivity contribution in [3.8, 4) is 5.75 Å². The fourth-order valence-corrected chi connectivity index (χ4v) is 3.94. The summed E-state index contributed by atoms with van der Waals surface area (Å²) in [6.45, 7) is 1.07. The number of fused-ring (bicyclic) bond motifs is 1. The van der Waals surface area contributed by atoms with Crippen LogP contribution in [-0.2, 0) is 29.1 Å². The molecule has 0 unspecified atom stereocenters. The first kappa shape index (κ1) is 22.2. The summed E-state index contributed by atoms with van der Waals surface area (Å²) in [6, 6.07) is 14.8. The van der Waals surface area contributed by atoms with E-state index in [4.69, 9.17) is 4.74 Å². The predicted molar refractivity (Wildman–Crippen MR) is 121 cm³/mol. The van der Waals surface area contributed by atoms with Crippen molar-refractivity contribution >= 4 is 23.6 Å². The molecule has 3 rings (SSSR count). The molecule has 0 bridgehead atoms. The topological polar surface area (TPSA) is 79.5 Å². The Hall–Kier alpha value is -2.51. The van der Waals surface area contributed by atoms with Crippen molar-refractivity contribution in [2.45, 2.75) is 38.0 Å². The van der Waals surface area contributed by atoms with Gasteiger partial charge in [-0.25, -0.2) is 0 Å². The number of hydrogen-bond donors (Lipinski definition) is 3. The van der Waals surface area contributed by atoms with E-state index in [0.717, 1.165) is 17.1 Å². The fourth-order valence-electron chi connectivity index (χ4n) is 3.47. The minimum absolute atomic E-state index is 0.129. The number of methoxy groups -OCH3 is 1. The van der Waals surface area contributed by atoms with Gasteiger partial charge in [-0.1, -0.05) is 36.4 Å². The molecule has 160 valence electrons. The minimum Gasteiger partial charge on any atom is -0.497 e. The summed E-state index contributed by atoms with van der Waals surface area (Å²) in [4.78, 5) is 25.6. The van der Waals surface area contributed by atoms with Crippen molar-refractivity contribution in [3.63, 3.8) is 0 Å². The van der Waals surface area contributed by atoms with Crippen LogP contribution in [0, 0.1) is 0 Å². The number of carbonyl (C=O) groups is 2. The molecule has 3 N–H and O–H groups in total. The summed E-state index contributed by atoms with van der Waals surface area (Å²) in [5.74, 6) is 1.28. The molecule has 0 fully saturated rings. The Kier molecular flexibility index (Phi) is 8.16. The van der Waals surface area contributed by atoms with E-state index in [2.05, 4.69) is 28.1 Å². The van der Waals surface area contributed by atoms with Gasteiger partial charge in [0.25, 0.3) is 0 Å². The monoisotopic (exact) mass is 427 g/mol.